The van der Waals surface area contributed by atoms with Crippen LogP contribution in [0.15, 0.2) is 20.3 Å². The van der Waals surface area contributed by atoms with Crippen LogP contribution in [0.1, 0.15) is 17.9 Å². The molecule has 96 valence electrons. The number of rotatable bonds is 5. The van der Waals surface area contributed by atoms with Gasteiger partial charge in [0.05, 0.1) is 0 Å². The topological polar surface area (TPSA) is 68.0 Å². The first-order valence-corrected chi connectivity index (χ1v) is 7.28. The Morgan fingerprint density at radius 2 is 2.39 bits per heavy atom. The fourth-order valence-corrected chi connectivity index (χ4v) is 3.12. The normalized spacial score (nSPS) is 10.6. The van der Waals surface area contributed by atoms with Crippen molar-refractivity contribution < 1.29 is 9.32 Å². The van der Waals surface area contributed by atoms with Crippen LogP contribution in [0.3, 0.4) is 0 Å². The van der Waals surface area contributed by atoms with Gasteiger partial charge in [-0.1, -0.05) is 16.9 Å². The van der Waals surface area contributed by atoms with Crippen molar-refractivity contribution in [3.8, 4) is 0 Å². The van der Waals surface area contributed by atoms with Gasteiger partial charge in [-0.2, -0.15) is 0 Å². The maximum Gasteiger partial charge on any atom is 0.226 e. The Morgan fingerprint density at radius 3 is 3.00 bits per heavy atom. The van der Waals surface area contributed by atoms with Gasteiger partial charge in [0.15, 0.2) is 5.82 Å². The minimum Gasteiger partial charge on any atom is -0.360 e. The summed E-state index contributed by atoms with van der Waals surface area (Å²) in [5.41, 5.74) is 1.02. The standard InChI is InChI=1S/C11H13N3O2S2/c1-7-6-18-11(12-7)17-4-3-10(15)13-9-5-8(2)16-14-9/h5-6H,3-4H2,1-2H3,(H,13,14,15). The molecule has 0 aliphatic carbocycles. The van der Waals surface area contributed by atoms with Crippen LogP contribution in [-0.2, 0) is 4.79 Å². The lowest BCUT2D eigenvalue weighted by molar-refractivity contribution is -0.115. The van der Waals surface area contributed by atoms with Crippen LogP contribution in [0, 0.1) is 13.8 Å². The van der Waals surface area contributed by atoms with Gasteiger partial charge in [-0.3, -0.25) is 4.79 Å². The number of anilines is 1. The fraction of sp³-hybridized carbons (Fsp3) is 0.364. The second-order valence-corrected chi connectivity index (χ2v) is 5.92. The summed E-state index contributed by atoms with van der Waals surface area (Å²) in [6, 6.07) is 1.69. The number of thioether (sulfide) groups is 1. The molecule has 18 heavy (non-hydrogen) atoms. The maximum absolute atomic E-state index is 11.6. The van der Waals surface area contributed by atoms with Crippen LogP contribution < -0.4 is 5.32 Å². The van der Waals surface area contributed by atoms with Gasteiger partial charge in [0.25, 0.3) is 0 Å². The SMILES string of the molecule is Cc1csc(SCCC(=O)Nc2cc(C)on2)n1. The van der Waals surface area contributed by atoms with Gasteiger partial charge >= 0.3 is 0 Å². The minimum absolute atomic E-state index is 0.0657. The van der Waals surface area contributed by atoms with Gasteiger partial charge < -0.3 is 9.84 Å². The minimum atomic E-state index is -0.0657. The lowest BCUT2D eigenvalue weighted by Crippen LogP contribution is -2.12. The summed E-state index contributed by atoms with van der Waals surface area (Å²) in [5.74, 6) is 1.78. The number of amides is 1. The first kappa shape index (κ1) is 13.1. The van der Waals surface area contributed by atoms with E-state index in [2.05, 4.69) is 15.5 Å². The average Bonchev–Trinajstić information content (AvgIpc) is 2.88. The first-order valence-electron chi connectivity index (χ1n) is 5.41. The quantitative estimate of drug-likeness (QED) is 0.855. The third-order valence-electron chi connectivity index (χ3n) is 2.05. The van der Waals surface area contributed by atoms with Gasteiger partial charge in [0.1, 0.15) is 10.1 Å². The van der Waals surface area contributed by atoms with Gasteiger partial charge in [0.2, 0.25) is 5.91 Å². The molecule has 0 radical (unpaired) electrons. The highest BCUT2D eigenvalue weighted by molar-refractivity contribution is 8.01. The summed E-state index contributed by atoms with van der Waals surface area (Å²) >= 11 is 3.19. The van der Waals surface area contributed by atoms with E-state index in [0.717, 1.165) is 10.0 Å². The Labute approximate surface area is 113 Å². The molecule has 7 heteroatoms. The van der Waals surface area contributed by atoms with Crippen LogP contribution in [-0.4, -0.2) is 21.8 Å². The van der Waals surface area contributed by atoms with E-state index in [4.69, 9.17) is 4.52 Å². The molecular weight excluding hydrogens is 270 g/mol. The van der Waals surface area contributed by atoms with Crippen molar-refractivity contribution in [2.45, 2.75) is 24.6 Å². The van der Waals surface area contributed by atoms with E-state index in [9.17, 15) is 4.79 Å². The molecular formula is C11H13N3O2S2. The van der Waals surface area contributed by atoms with Crippen molar-refractivity contribution in [1.82, 2.24) is 10.1 Å². The van der Waals surface area contributed by atoms with E-state index in [1.807, 2.05) is 12.3 Å². The number of aryl methyl sites for hydroxylation is 2. The van der Waals surface area contributed by atoms with Crippen molar-refractivity contribution >= 4 is 34.8 Å². The second kappa shape index (κ2) is 6.01. The maximum atomic E-state index is 11.6. The summed E-state index contributed by atoms with van der Waals surface area (Å²) in [5, 5.41) is 8.38. The van der Waals surface area contributed by atoms with Gasteiger partial charge in [0, 0.05) is 29.3 Å². The molecule has 0 spiro atoms. The van der Waals surface area contributed by atoms with Crippen molar-refractivity contribution in [3.63, 3.8) is 0 Å². The summed E-state index contributed by atoms with van der Waals surface area (Å²) in [6.07, 6.45) is 0.426. The molecule has 2 aromatic rings. The monoisotopic (exact) mass is 283 g/mol. The molecule has 5 nitrogen and oxygen atoms in total. The summed E-state index contributed by atoms with van der Waals surface area (Å²) in [6.45, 7) is 3.74. The summed E-state index contributed by atoms with van der Waals surface area (Å²) < 4.78 is 5.86. The predicted octanol–water partition coefficient (Wildman–Crippen LogP) is 2.87. The van der Waals surface area contributed by atoms with Crippen LogP contribution in [0.5, 0.6) is 0 Å². The van der Waals surface area contributed by atoms with Gasteiger partial charge in [-0.15, -0.1) is 11.3 Å². The molecule has 0 fully saturated rings. The molecule has 0 bridgehead atoms. The van der Waals surface area contributed by atoms with Crippen LogP contribution >= 0.6 is 23.1 Å². The third kappa shape index (κ3) is 3.85. The number of carbonyl (C=O) groups is 1. The molecule has 0 aliphatic rings. The molecule has 1 amide bonds. The van der Waals surface area contributed by atoms with E-state index in [0.29, 0.717) is 23.8 Å². The summed E-state index contributed by atoms with van der Waals surface area (Å²) in [4.78, 5) is 15.9. The van der Waals surface area contributed by atoms with E-state index in [-0.39, 0.29) is 5.91 Å². The molecule has 0 aromatic carbocycles. The molecule has 0 saturated heterocycles. The Kier molecular flexibility index (Phi) is 4.38. The predicted molar refractivity (Wildman–Crippen MR) is 72.1 cm³/mol. The smallest absolute Gasteiger partial charge is 0.226 e. The first-order chi connectivity index (χ1) is 8.63. The highest BCUT2D eigenvalue weighted by Gasteiger charge is 2.07. The van der Waals surface area contributed by atoms with Crippen LogP contribution in [0.4, 0.5) is 5.82 Å². The molecule has 0 unspecified atom stereocenters. The molecule has 2 aromatic heterocycles. The van der Waals surface area contributed by atoms with Crippen molar-refractivity contribution in [1.29, 1.82) is 0 Å². The molecule has 0 saturated carbocycles. The number of nitrogens with zero attached hydrogens (tertiary/aromatic N) is 2. The number of hydrogen-bond donors (Lipinski definition) is 1. The van der Waals surface area contributed by atoms with Gasteiger partial charge in [-0.25, -0.2) is 4.98 Å². The number of aromatic nitrogens is 2. The zero-order chi connectivity index (χ0) is 13.0. The largest absolute Gasteiger partial charge is 0.360 e. The Morgan fingerprint density at radius 1 is 1.56 bits per heavy atom. The molecule has 2 heterocycles. The van der Waals surface area contributed by atoms with Crippen molar-refractivity contribution in [2.24, 2.45) is 0 Å². The van der Waals surface area contributed by atoms with Crippen LogP contribution in [0.2, 0.25) is 0 Å². The third-order valence-corrected chi connectivity index (χ3v) is 4.19. The molecule has 2 rings (SSSR count). The van der Waals surface area contributed by atoms with E-state index in [1.165, 1.54) is 0 Å². The highest BCUT2D eigenvalue weighted by atomic mass is 32.2. The number of carbonyl (C=O) groups excluding carboxylic acids is 1. The van der Waals surface area contributed by atoms with Crippen LogP contribution in [0.25, 0.3) is 0 Å². The Balaban J connectivity index is 1.72. The molecule has 1 N–H and O–H groups in total. The lowest BCUT2D eigenvalue weighted by Gasteiger charge is -1.99. The zero-order valence-electron chi connectivity index (χ0n) is 10.1. The Hall–Kier alpha value is -1.34. The number of hydrogen-bond acceptors (Lipinski definition) is 6. The fourth-order valence-electron chi connectivity index (χ4n) is 1.26. The van der Waals surface area contributed by atoms with E-state index < -0.39 is 0 Å². The van der Waals surface area contributed by atoms with Crippen molar-refractivity contribution in [3.05, 3.63) is 22.9 Å². The van der Waals surface area contributed by atoms with Crippen molar-refractivity contribution in [2.75, 3.05) is 11.1 Å². The van der Waals surface area contributed by atoms with Gasteiger partial charge in [-0.05, 0) is 13.8 Å². The molecule has 0 atom stereocenters. The number of nitrogens with one attached hydrogen (secondary N) is 1. The highest BCUT2D eigenvalue weighted by Crippen LogP contribution is 2.22. The lowest BCUT2D eigenvalue weighted by atomic mass is 10.4. The van der Waals surface area contributed by atoms with E-state index >= 15 is 0 Å². The second-order valence-electron chi connectivity index (χ2n) is 3.72. The summed E-state index contributed by atoms with van der Waals surface area (Å²) in [7, 11) is 0. The zero-order valence-corrected chi connectivity index (χ0v) is 11.7. The molecule has 0 aliphatic heterocycles. The number of thiazole rings is 1. The van der Waals surface area contributed by atoms with E-state index in [1.54, 1.807) is 36.1 Å². The Bertz CT molecular complexity index is 536. The average molecular weight is 283 g/mol.